The van der Waals surface area contributed by atoms with E-state index in [1.54, 1.807) is 12.1 Å². The number of hydrogen-bond acceptors (Lipinski definition) is 4. The van der Waals surface area contributed by atoms with Gasteiger partial charge >= 0.3 is 0 Å². The molecule has 1 heterocycles. The number of aryl methyl sites for hydroxylation is 2. The van der Waals surface area contributed by atoms with Crippen LogP contribution in [0, 0.1) is 26.0 Å². The Morgan fingerprint density at radius 3 is 1.87 bits per heavy atom. The summed E-state index contributed by atoms with van der Waals surface area (Å²) in [7, 11) is 6.89. The molecule has 1 aliphatic heterocycles. The summed E-state index contributed by atoms with van der Waals surface area (Å²) < 4.78 is 17.7. The third-order valence-electron chi connectivity index (χ3n) is 9.51. The summed E-state index contributed by atoms with van der Waals surface area (Å²) in [5, 5.41) is 31.4. The molecule has 2 aromatic rings. The Morgan fingerprint density at radius 2 is 1.38 bits per heavy atom. The predicted molar refractivity (Wildman–Crippen MR) is 191 cm³/mol. The van der Waals surface area contributed by atoms with Crippen molar-refractivity contribution < 1.29 is 59.9 Å². The Labute approximate surface area is 314 Å². The molecule has 0 spiro atoms. The van der Waals surface area contributed by atoms with Gasteiger partial charge in [0.25, 0.3) is 0 Å². The number of benzene rings is 2. The molecule has 0 bridgehead atoms. The molecule has 3 aliphatic rings. The van der Waals surface area contributed by atoms with Crippen molar-refractivity contribution in [3.63, 3.8) is 0 Å². The van der Waals surface area contributed by atoms with Crippen molar-refractivity contribution in [2.45, 2.75) is 117 Å². The molecule has 2 aliphatic carbocycles. The minimum atomic E-state index is -0.174. The van der Waals surface area contributed by atoms with Gasteiger partial charge in [0.1, 0.15) is 28.6 Å². The van der Waals surface area contributed by atoms with E-state index >= 15 is 0 Å². The Morgan fingerprint density at radius 1 is 0.936 bits per heavy atom. The average Bonchev–Trinajstić information content (AvgIpc) is 2.98. The first-order valence-electron chi connectivity index (χ1n) is 17.6. The molecule has 4 atom stereocenters. The summed E-state index contributed by atoms with van der Waals surface area (Å²) in [5.74, 6) is 2.74. The van der Waals surface area contributed by atoms with Crippen LogP contribution in [-0.2, 0) is 50.0 Å². The fourth-order valence-electron chi connectivity index (χ4n) is 7.37. The number of phenolic OH excluding ortho intramolecular Hbond substituents is 3. The van der Waals surface area contributed by atoms with Crippen molar-refractivity contribution in [3.05, 3.63) is 96.2 Å². The van der Waals surface area contributed by atoms with E-state index in [4.69, 9.17) is 7.48 Å². The van der Waals surface area contributed by atoms with E-state index < -0.39 is 0 Å². The summed E-state index contributed by atoms with van der Waals surface area (Å²) in [6.45, 7) is 19.8. The molecule has 4 nitrogen and oxygen atoms in total. The molecule has 2 aromatic carbocycles. The fraction of sp³-hybridized carbons (Fsp3) is 0.500. The minimum Gasteiger partial charge on any atom is -0.507 e. The molecule has 0 saturated heterocycles. The van der Waals surface area contributed by atoms with Gasteiger partial charge in [-0.05, 0) is 114 Å². The van der Waals surface area contributed by atoms with Gasteiger partial charge in [0.2, 0.25) is 0 Å². The molecule has 47 heavy (non-hydrogen) atoms. The third-order valence-corrected chi connectivity index (χ3v) is 9.51. The molecule has 7 heteroatoms. The Hall–Kier alpha value is -1.91. The van der Waals surface area contributed by atoms with Gasteiger partial charge in [0.15, 0.2) is 0 Å². The van der Waals surface area contributed by atoms with Gasteiger partial charge in [-0.15, -0.1) is 0 Å². The van der Waals surface area contributed by atoms with Crippen LogP contribution in [0.5, 0.6) is 23.0 Å². The molecule has 5 rings (SSSR count). The van der Waals surface area contributed by atoms with Gasteiger partial charge < -0.3 is 34.3 Å². The summed E-state index contributed by atoms with van der Waals surface area (Å²) >= 11 is 0. The maximum Gasteiger partial charge on any atom is 0.127 e. The van der Waals surface area contributed by atoms with Crippen molar-refractivity contribution in [1.29, 1.82) is 0 Å². The molecule has 0 aromatic heterocycles. The van der Waals surface area contributed by atoms with E-state index in [2.05, 4.69) is 81.6 Å². The first-order chi connectivity index (χ1) is 22.3. The topological polar surface area (TPSA) is 69.9 Å². The number of allylic oxidation sites excluding steroid dienone is 5. The summed E-state index contributed by atoms with van der Waals surface area (Å²) in [5.41, 5.74) is 7.48. The van der Waals surface area contributed by atoms with Crippen molar-refractivity contribution in [2.75, 3.05) is 0 Å². The van der Waals surface area contributed by atoms with Gasteiger partial charge in [0, 0.05) is 66.0 Å². The predicted octanol–water partition coefficient (Wildman–Crippen LogP) is 10.4. The number of hydrogen-bond donors (Lipinski definition) is 3. The van der Waals surface area contributed by atoms with E-state index in [0.717, 1.165) is 80.6 Å². The number of rotatable bonds is 6. The number of ether oxygens (including phenoxy) is 1. The zero-order valence-electron chi connectivity index (χ0n) is 31.6. The van der Waals surface area contributed by atoms with Crippen molar-refractivity contribution in [1.82, 2.24) is 0 Å². The number of phenols is 3. The number of fused-ring (bicyclic) bond motifs is 3. The fourth-order valence-corrected chi connectivity index (χ4v) is 7.37. The first kappa shape index (κ1) is 41.3. The quantitative estimate of drug-likeness (QED) is 0.158. The normalized spacial score (nSPS) is 22.1. The van der Waals surface area contributed by atoms with Gasteiger partial charge in [-0.1, -0.05) is 62.1 Å². The summed E-state index contributed by atoms with van der Waals surface area (Å²) in [4.78, 5) is 0. The standard InChI is InChI=1S/2C19H26O2.CH2B.CH3.2V/c1-5-6-13-10-16(20)18-14-9-12(2)7-8-15(14)19(3,4)21-17(18)11-13;1-5-6-14-10-17(20)19(18(21)11-14)16-9-13(4)7-8-15(16)12(2)3;1-2;;;/h9-11,14-15,20H,5-8H2,1-4H3;9-11,15-16,20-21H,2,5-8H2,1,3-4H3;1H2;1H3;;/q;;2*-1;;/t14-,15-;15-,16+;;;;/m10..../s1/i;;1D;1T;;. The van der Waals surface area contributed by atoms with Gasteiger partial charge in [-0.2, -0.15) is 7.85 Å². The Balaban J connectivity index is 0.000000803. The molecule has 4 radical (unpaired) electrons. The van der Waals surface area contributed by atoms with Crippen molar-refractivity contribution >= 4 is 7.85 Å². The van der Waals surface area contributed by atoms with Crippen LogP contribution >= 0.6 is 0 Å². The molecule has 0 fully saturated rings. The minimum absolute atomic E-state index is 0. The van der Waals surface area contributed by atoms with Crippen molar-refractivity contribution in [3.8, 4) is 23.0 Å². The smallest absolute Gasteiger partial charge is 0.127 e. The van der Waals surface area contributed by atoms with Crippen LogP contribution in [-0.4, -0.2) is 28.8 Å². The second-order valence-electron chi connectivity index (χ2n) is 13.5. The second kappa shape index (κ2) is 19.9. The molecule has 0 saturated carbocycles. The average molecular weight is 718 g/mol. The zero-order chi connectivity index (χ0) is 35.5. The molecule has 256 valence electrons. The van der Waals surface area contributed by atoms with Crippen LogP contribution in [0.25, 0.3) is 0 Å². The molecular formula is C40H57BO4V2-2. The zero-order valence-corrected chi connectivity index (χ0v) is 32.4. The van der Waals surface area contributed by atoms with Crippen LogP contribution in [0.3, 0.4) is 0 Å². The number of aromatic hydroxyl groups is 3. The second-order valence-corrected chi connectivity index (χ2v) is 13.5. The third kappa shape index (κ3) is 10.8. The molecule has 0 unspecified atom stereocenters. The van der Waals surface area contributed by atoms with Crippen LogP contribution in [0.2, 0.25) is 0 Å². The first-order valence-corrected chi connectivity index (χ1v) is 16.3. The SMILES string of the molecule is C=C(C)[C@@H]1CCC(C)=C[C@H]1c1c(O)cc(CCC)cc1O.CCCc1cc(O)c2c(c1)OC(C)(C)[C@@H]1CCC(C)=C[C@@H]21.[2H][CH-][B].[3H][CH2-].[V].[V]. The van der Waals surface area contributed by atoms with E-state index in [-0.39, 0.29) is 72.0 Å². The largest absolute Gasteiger partial charge is 0.507 e. The van der Waals surface area contributed by atoms with E-state index in [1.807, 2.05) is 13.0 Å². The Bertz CT molecular complexity index is 1390. The molecule has 0 amide bonds. The van der Waals surface area contributed by atoms with E-state index in [1.165, 1.54) is 16.7 Å². The monoisotopic (exact) mass is 717 g/mol. The van der Waals surface area contributed by atoms with Gasteiger partial charge in [-0.3, -0.25) is 0 Å². The molecule has 3 N–H and O–H groups in total. The van der Waals surface area contributed by atoms with Crippen molar-refractivity contribution in [2.24, 2.45) is 11.8 Å². The van der Waals surface area contributed by atoms with Gasteiger partial charge in [0.05, 0.1) is 0 Å². The van der Waals surface area contributed by atoms with E-state index in [9.17, 15) is 15.3 Å². The van der Waals surface area contributed by atoms with E-state index in [0.29, 0.717) is 17.2 Å². The summed E-state index contributed by atoms with van der Waals surface area (Å²) in [6.07, 6.45) is 12.8. The Kier molecular flexibility index (Phi) is 17.5. The van der Waals surface area contributed by atoms with Crippen LogP contribution in [0.15, 0.2) is 59.7 Å². The van der Waals surface area contributed by atoms with Gasteiger partial charge in [-0.25, -0.2) is 2.74 Å². The maximum absolute atomic E-state index is 10.5. The molecular weight excluding hydrogens is 657 g/mol. The summed E-state index contributed by atoms with van der Waals surface area (Å²) in [6, 6.07) is 7.66. The van der Waals surface area contributed by atoms with Crippen LogP contribution in [0.4, 0.5) is 0 Å². The van der Waals surface area contributed by atoms with Crippen LogP contribution in [0.1, 0.15) is 124 Å². The van der Waals surface area contributed by atoms with Crippen LogP contribution < -0.4 is 4.74 Å². The maximum atomic E-state index is 10.5.